The first-order valence-electron chi connectivity index (χ1n) is 7.16. The summed E-state index contributed by atoms with van der Waals surface area (Å²) < 4.78 is 5.71. The van der Waals surface area contributed by atoms with Gasteiger partial charge >= 0.3 is 6.03 Å². The number of amides is 2. The van der Waals surface area contributed by atoms with Gasteiger partial charge in [0.05, 0.1) is 6.10 Å². The number of pyridine rings is 1. The van der Waals surface area contributed by atoms with E-state index in [1.54, 1.807) is 6.07 Å². The maximum Gasteiger partial charge on any atom is 0.320 e. The Morgan fingerprint density at radius 2 is 2.30 bits per heavy atom. The molecule has 1 aromatic rings. The standard InChI is InChI=1S/C15H23N3O2/c1-10(2)14-12(7-8-20-14)9-16-15(19)18-13-6-4-5-11(3)17-13/h4-6,10,12,14H,7-9H2,1-3H3,(H2,16,17,18,19)/t12-,14+/m1/s1. The highest BCUT2D eigenvalue weighted by Crippen LogP contribution is 2.26. The second-order valence-electron chi connectivity index (χ2n) is 5.63. The first-order valence-corrected chi connectivity index (χ1v) is 7.16. The molecule has 0 aliphatic carbocycles. The smallest absolute Gasteiger partial charge is 0.320 e. The molecule has 1 aliphatic heterocycles. The highest BCUT2D eigenvalue weighted by atomic mass is 16.5. The van der Waals surface area contributed by atoms with Gasteiger partial charge < -0.3 is 10.1 Å². The zero-order valence-electron chi connectivity index (χ0n) is 12.3. The van der Waals surface area contributed by atoms with Crippen LogP contribution in [0.3, 0.4) is 0 Å². The van der Waals surface area contributed by atoms with Crippen LogP contribution in [-0.2, 0) is 4.74 Å². The molecular formula is C15H23N3O2. The number of ether oxygens (including phenoxy) is 1. The van der Waals surface area contributed by atoms with Crippen LogP contribution in [-0.4, -0.2) is 30.3 Å². The molecule has 2 N–H and O–H groups in total. The fraction of sp³-hybridized carbons (Fsp3) is 0.600. The van der Waals surface area contributed by atoms with Crippen molar-refractivity contribution in [1.29, 1.82) is 0 Å². The molecule has 5 heteroatoms. The Labute approximate surface area is 120 Å². The quantitative estimate of drug-likeness (QED) is 0.889. The molecule has 1 fully saturated rings. The van der Waals surface area contributed by atoms with E-state index in [1.807, 2.05) is 19.1 Å². The van der Waals surface area contributed by atoms with E-state index in [2.05, 4.69) is 29.5 Å². The first-order chi connectivity index (χ1) is 9.56. The maximum absolute atomic E-state index is 11.9. The molecule has 0 radical (unpaired) electrons. The molecule has 1 aliphatic rings. The molecule has 2 atom stereocenters. The molecular weight excluding hydrogens is 254 g/mol. The van der Waals surface area contributed by atoms with Crippen LogP contribution in [0.1, 0.15) is 26.0 Å². The Hall–Kier alpha value is -1.62. The molecule has 0 unspecified atom stereocenters. The van der Waals surface area contributed by atoms with Crippen molar-refractivity contribution in [3.8, 4) is 0 Å². The number of anilines is 1. The second-order valence-corrected chi connectivity index (χ2v) is 5.63. The highest BCUT2D eigenvalue weighted by Gasteiger charge is 2.30. The van der Waals surface area contributed by atoms with Crippen LogP contribution >= 0.6 is 0 Å². The van der Waals surface area contributed by atoms with Gasteiger partial charge in [-0.2, -0.15) is 0 Å². The number of urea groups is 1. The van der Waals surface area contributed by atoms with Gasteiger partial charge in [-0.05, 0) is 31.4 Å². The molecule has 0 spiro atoms. The van der Waals surface area contributed by atoms with E-state index in [0.29, 0.717) is 24.2 Å². The van der Waals surface area contributed by atoms with E-state index in [1.165, 1.54) is 0 Å². The van der Waals surface area contributed by atoms with E-state index in [9.17, 15) is 4.79 Å². The minimum Gasteiger partial charge on any atom is -0.378 e. The molecule has 2 heterocycles. The number of rotatable bonds is 4. The number of aromatic nitrogens is 1. The predicted molar refractivity (Wildman–Crippen MR) is 78.7 cm³/mol. The molecule has 5 nitrogen and oxygen atoms in total. The van der Waals surface area contributed by atoms with E-state index in [-0.39, 0.29) is 12.1 Å². The monoisotopic (exact) mass is 277 g/mol. The van der Waals surface area contributed by atoms with Crippen molar-refractivity contribution in [2.45, 2.75) is 33.3 Å². The summed E-state index contributed by atoms with van der Waals surface area (Å²) in [5, 5.41) is 5.66. The third-order valence-electron chi connectivity index (χ3n) is 3.58. The molecule has 0 aromatic carbocycles. The third-order valence-corrected chi connectivity index (χ3v) is 3.58. The topological polar surface area (TPSA) is 63.2 Å². The van der Waals surface area contributed by atoms with Crippen molar-refractivity contribution in [3.05, 3.63) is 23.9 Å². The van der Waals surface area contributed by atoms with Crippen LogP contribution in [0.5, 0.6) is 0 Å². The lowest BCUT2D eigenvalue weighted by Gasteiger charge is -2.22. The number of hydrogen-bond donors (Lipinski definition) is 2. The third kappa shape index (κ3) is 3.93. The number of aryl methyl sites for hydroxylation is 1. The van der Waals surface area contributed by atoms with E-state index >= 15 is 0 Å². The SMILES string of the molecule is Cc1cccc(NC(=O)NC[C@H]2CCO[C@H]2C(C)C)n1. The molecule has 2 rings (SSSR count). The van der Waals surface area contributed by atoms with Crippen molar-refractivity contribution < 1.29 is 9.53 Å². The predicted octanol–water partition coefficient (Wildman–Crippen LogP) is 2.57. The van der Waals surface area contributed by atoms with Gasteiger partial charge in [0.2, 0.25) is 0 Å². The Balaban J connectivity index is 1.80. The Kier molecular flexibility index (Phi) is 4.95. The molecule has 1 saturated heterocycles. The van der Waals surface area contributed by atoms with E-state index in [0.717, 1.165) is 18.7 Å². The number of carbonyl (C=O) groups is 1. The van der Waals surface area contributed by atoms with Gasteiger partial charge in [0.15, 0.2) is 0 Å². The summed E-state index contributed by atoms with van der Waals surface area (Å²) in [6.45, 7) is 7.63. The van der Waals surface area contributed by atoms with Crippen LogP contribution < -0.4 is 10.6 Å². The van der Waals surface area contributed by atoms with Crippen LogP contribution in [0.4, 0.5) is 10.6 Å². The summed E-state index contributed by atoms with van der Waals surface area (Å²) in [4.78, 5) is 16.1. The van der Waals surface area contributed by atoms with Gasteiger partial charge in [0, 0.05) is 24.8 Å². The molecule has 1 aromatic heterocycles. The summed E-state index contributed by atoms with van der Waals surface area (Å²) >= 11 is 0. The van der Waals surface area contributed by atoms with Crippen LogP contribution in [0.25, 0.3) is 0 Å². The summed E-state index contributed by atoms with van der Waals surface area (Å²) in [5.74, 6) is 1.45. The number of carbonyl (C=O) groups excluding carboxylic acids is 1. The number of hydrogen-bond acceptors (Lipinski definition) is 3. The molecule has 110 valence electrons. The second kappa shape index (κ2) is 6.70. The van der Waals surface area contributed by atoms with Gasteiger partial charge in [-0.25, -0.2) is 9.78 Å². The van der Waals surface area contributed by atoms with Crippen LogP contribution in [0.2, 0.25) is 0 Å². The van der Waals surface area contributed by atoms with Crippen molar-refractivity contribution in [1.82, 2.24) is 10.3 Å². The molecule has 20 heavy (non-hydrogen) atoms. The average Bonchev–Trinajstić information content (AvgIpc) is 2.85. The fourth-order valence-electron chi connectivity index (χ4n) is 2.61. The molecule has 0 saturated carbocycles. The lowest BCUT2D eigenvalue weighted by Crippen LogP contribution is -2.37. The zero-order chi connectivity index (χ0) is 14.5. The molecule has 0 bridgehead atoms. The summed E-state index contributed by atoms with van der Waals surface area (Å²) in [7, 11) is 0. The van der Waals surface area contributed by atoms with Gasteiger partial charge in [-0.15, -0.1) is 0 Å². The Bertz CT molecular complexity index is 462. The fourth-order valence-corrected chi connectivity index (χ4v) is 2.61. The first kappa shape index (κ1) is 14.8. The largest absolute Gasteiger partial charge is 0.378 e. The van der Waals surface area contributed by atoms with E-state index in [4.69, 9.17) is 4.74 Å². The lowest BCUT2D eigenvalue weighted by molar-refractivity contribution is 0.0546. The molecule has 2 amide bonds. The van der Waals surface area contributed by atoms with Crippen molar-refractivity contribution in [2.24, 2.45) is 11.8 Å². The zero-order valence-corrected chi connectivity index (χ0v) is 12.3. The van der Waals surface area contributed by atoms with Crippen LogP contribution in [0, 0.1) is 18.8 Å². The van der Waals surface area contributed by atoms with Crippen LogP contribution in [0.15, 0.2) is 18.2 Å². The van der Waals surface area contributed by atoms with Gasteiger partial charge in [0.25, 0.3) is 0 Å². The van der Waals surface area contributed by atoms with Gasteiger partial charge in [0.1, 0.15) is 5.82 Å². The van der Waals surface area contributed by atoms with Gasteiger partial charge in [-0.1, -0.05) is 19.9 Å². The maximum atomic E-state index is 11.9. The average molecular weight is 277 g/mol. The summed E-state index contributed by atoms with van der Waals surface area (Å²) in [6.07, 6.45) is 1.25. The van der Waals surface area contributed by atoms with Crippen molar-refractivity contribution in [2.75, 3.05) is 18.5 Å². The lowest BCUT2D eigenvalue weighted by atomic mass is 9.93. The number of nitrogens with zero attached hydrogens (tertiary/aromatic N) is 1. The minimum atomic E-state index is -0.211. The summed E-state index contributed by atoms with van der Waals surface area (Å²) in [6, 6.07) is 5.34. The highest BCUT2D eigenvalue weighted by molar-refractivity contribution is 5.88. The summed E-state index contributed by atoms with van der Waals surface area (Å²) in [5.41, 5.74) is 0.881. The Morgan fingerprint density at radius 3 is 3.00 bits per heavy atom. The van der Waals surface area contributed by atoms with Gasteiger partial charge in [-0.3, -0.25) is 5.32 Å². The van der Waals surface area contributed by atoms with E-state index < -0.39 is 0 Å². The normalized spacial score (nSPS) is 22.0. The number of nitrogens with one attached hydrogen (secondary N) is 2. The minimum absolute atomic E-state index is 0.211. The van der Waals surface area contributed by atoms with Crippen molar-refractivity contribution in [3.63, 3.8) is 0 Å². The Morgan fingerprint density at radius 1 is 1.50 bits per heavy atom. The van der Waals surface area contributed by atoms with Crippen molar-refractivity contribution >= 4 is 11.8 Å².